The Bertz CT molecular complexity index is 271. The molecule has 0 amide bonds. The summed E-state index contributed by atoms with van der Waals surface area (Å²) in [7, 11) is 0. The minimum Gasteiger partial charge on any atom is -0.366 e. The maximum absolute atomic E-state index is 9.67. The van der Waals surface area contributed by atoms with Crippen molar-refractivity contribution in [2.45, 2.75) is 70.6 Å². The summed E-state index contributed by atoms with van der Waals surface area (Å²) in [6, 6.07) is 0. The molecule has 3 unspecified atom stereocenters. The van der Waals surface area contributed by atoms with Gasteiger partial charge in [0.1, 0.15) is 6.10 Å². The second kappa shape index (κ2) is 4.48. The highest BCUT2D eigenvalue weighted by atomic mass is 16.8. The molecular weight excluding hydrogens is 224 g/mol. The lowest BCUT2D eigenvalue weighted by Gasteiger charge is -2.26. The van der Waals surface area contributed by atoms with E-state index in [1.165, 1.54) is 0 Å². The van der Waals surface area contributed by atoms with Crippen molar-refractivity contribution >= 4 is 0 Å². The Morgan fingerprint density at radius 2 is 2.00 bits per heavy atom. The number of aliphatic hydroxyl groups is 1. The van der Waals surface area contributed by atoms with Crippen molar-refractivity contribution in [1.29, 1.82) is 0 Å². The highest BCUT2D eigenvalue weighted by Crippen LogP contribution is 2.34. The van der Waals surface area contributed by atoms with E-state index >= 15 is 0 Å². The molecule has 2 saturated heterocycles. The molecule has 1 N–H and O–H groups in total. The molecule has 3 atom stereocenters. The maximum atomic E-state index is 9.67. The van der Waals surface area contributed by atoms with Crippen LogP contribution in [0.25, 0.3) is 0 Å². The fourth-order valence-electron chi connectivity index (χ4n) is 2.31. The van der Waals surface area contributed by atoms with Gasteiger partial charge in [-0.2, -0.15) is 0 Å². The number of hydrogen-bond donors (Lipinski definition) is 1. The van der Waals surface area contributed by atoms with E-state index in [2.05, 4.69) is 0 Å². The molecule has 0 radical (unpaired) electrons. The smallest absolute Gasteiger partial charge is 0.187 e. The zero-order valence-electron chi connectivity index (χ0n) is 10.9. The van der Waals surface area contributed by atoms with Crippen LogP contribution in [0.1, 0.15) is 40.5 Å². The zero-order valence-corrected chi connectivity index (χ0v) is 10.9. The molecule has 2 aliphatic rings. The van der Waals surface area contributed by atoms with E-state index in [4.69, 9.17) is 18.9 Å². The fourth-order valence-corrected chi connectivity index (χ4v) is 2.31. The summed E-state index contributed by atoms with van der Waals surface area (Å²) in [5.41, 5.74) is 0. The third kappa shape index (κ3) is 3.63. The molecule has 2 fully saturated rings. The standard InChI is InChI=1S/C12H22O5/c1-11(2,13)15-8-5-6-14-10-9(7-8)16-12(3,4)17-10/h8-10,13H,5-7H2,1-4H3. The first-order chi connectivity index (χ1) is 7.75. The molecule has 0 spiro atoms. The van der Waals surface area contributed by atoms with E-state index in [-0.39, 0.29) is 18.5 Å². The van der Waals surface area contributed by atoms with E-state index in [0.717, 1.165) is 6.42 Å². The molecule has 2 heterocycles. The number of ether oxygens (including phenoxy) is 4. The van der Waals surface area contributed by atoms with Gasteiger partial charge in [-0.3, -0.25) is 0 Å². The first kappa shape index (κ1) is 13.2. The Labute approximate surface area is 102 Å². The first-order valence-electron chi connectivity index (χ1n) is 6.13. The second-order valence-corrected chi connectivity index (χ2v) is 5.62. The molecule has 0 aliphatic carbocycles. The molecular formula is C12H22O5. The van der Waals surface area contributed by atoms with Crippen LogP contribution < -0.4 is 0 Å². The summed E-state index contributed by atoms with van der Waals surface area (Å²) in [6.45, 7) is 7.56. The molecule has 0 aromatic carbocycles. The molecule has 5 heteroatoms. The van der Waals surface area contributed by atoms with Crippen LogP contribution in [-0.2, 0) is 18.9 Å². The normalized spacial score (nSPS) is 37.6. The summed E-state index contributed by atoms with van der Waals surface area (Å²) >= 11 is 0. The summed E-state index contributed by atoms with van der Waals surface area (Å²) in [4.78, 5) is 0. The van der Waals surface area contributed by atoms with Crippen LogP contribution >= 0.6 is 0 Å². The Kier molecular flexibility index (Phi) is 3.49. The highest BCUT2D eigenvalue weighted by molar-refractivity contribution is 4.81. The van der Waals surface area contributed by atoms with Gasteiger partial charge in [0.2, 0.25) is 0 Å². The Hall–Kier alpha value is -0.200. The third-order valence-electron chi connectivity index (χ3n) is 2.81. The highest BCUT2D eigenvalue weighted by Gasteiger charge is 2.44. The number of hydrogen-bond acceptors (Lipinski definition) is 5. The zero-order chi connectivity index (χ0) is 12.7. The molecule has 5 nitrogen and oxygen atoms in total. The van der Waals surface area contributed by atoms with Crippen molar-refractivity contribution in [1.82, 2.24) is 0 Å². The molecule has 100 valence electrons. The van der Waals surface area contributed by atoms with Gasteiger partial charge in [-0.05, 0) is 34.1 Å². The van der Waals surface area contributed by atoms with Gasteiger partial charge in [-0.1, -0.05) is 0 Å². The van der Waals surface area contributed by atoms with E-state index in [1.807, 2.05) is 13.8 Å². The van der Waals surface area contributed by atoms with Gasteiger partial charge in [0.15, 0.2) is 17.9 Å². The van der Waals surface area contributed by atoms with E-state index < -0.39 is 11.6 Å². The lowest BCUT2D eigenvalue weighted by atomic mass is 10.1. The Morgan fingerprint density at radius 3 is 2.65 bits per heavy atom. The van der Waals surface area contributed by atoms with Gasteiger partial charge in [-0.15, -0.1) is 0 Å². The molecule has 17 heavy (non-hydrogen) atoms. The minimum atomic E-state index is -1.13. The fraction of sp³-hybridized carbons (Fsp3) is 1.00. The van der Waals surface area contributed by atoms with Gasteiger partial charge in [0.25, 0.3) is 0 Å². The van der Waals surface area contributed by atoms with Crippen LogP contribution in [0.2, 0.25) is 0 Å². The Balaban J connectivity index is 1.97. The average Bonchev–Trinajstić information content (AvgIpc) is 2.26. The summed E-state index contributed by atoms with van der Waals surface area (Å²) in [6.07, 6.45) is 0.908. The van der Waals surface area contributed by atoms with E-state index in [9.17, 15) is 5.11 Å². The summed E-state index contributed by atoms with van der Waals surface area (Å²) in [5.74, 6) is -1.73. The average molecular weight is 246 g/mol. The minimum absolute atomic E-state index is 0.0671. The van der Waals surface area contributed by atoms with Crippen LogP contribution in [0, 0.1) is 0 Å². The molecule has 2 rings (SSSR count). The van der Waals surface area contributed by atoms with E-state index in [1.54, 1.807) is 13.8 Å². The SMILES string of the molecule is CC(C)(O)OC1CCOC2OC(C)(C)OC2C1. The van der Waals surface area contributed by atoms with Gasteiger partial charge in [0, 0.05) is 6.42 Å². The van der Waals surface area contributed by atoms with Crippen molar-refractivity contribution in [2.75, 3.05) is 6.61 Å². The van der Waals surface area contributed by atoms with Crippen LogP contribution in [0.3, 0.4) is 0 Å². The largest absolute Gasteiger partial charge is 0.366 e. The lowest BCUT2D eigenvalue weighted by Crippen LogP contribution is -2.33. The third-order valence-corrected chi connectivity index (χ3v) is 2.81. The number of rotatable bonds is 2. The maximum Gasteiger partial charge on any atom is 0.187 e. The molecule has 0 bridgehead atoms. The van der Waals surface area contributed by atoms with Crippen LogP contribution in [-0.4, -0.2) is 41.8 Å². The van der Waals surface area contributed by atoms with Crippen LogP contribution in [0.5, 0.6) is 0 Å². The van der Waals surface area contributed by atoms with Gasteiger partial charge >= 0.3 is 0 Å². The van der Waals surface area contributed by atoms with Gasteiger partial charge < -0.3 is 24.1 Å². The topological polar surface area (TPSA) is 57.2 Å². The van der Waals surface area contributed by atoms with Gasteiger partial charge in [0.05, 0.1) is 12.7 Å². The first-order valence-corrected chi connectivity index (χ1v) is 6.13. The van der Waals surface area contributed by atoms with Crippen LogP contribution in [0.4, 0.5) is 0 Å². The van der Waals surface area contributed by atoms with Crippen molar-refractivity contribution in [2.24, 2.45) is 0 Å². The lowest BCUT2D eigenvalue weighted by molar-refractivity contribution is -0.218. The van der Waals surface area contributed by atoms with Crippen LogP contribution in [0.15, 0.2) is 0 Å². The molecule has 0 saturated carbocycles. The monoisotopic (exact) mass is 246 g/mol. The number of fused-ring (bicyclic) bond motifs is 1. The van der Waals surface area contributed by atoms with Crippen molar-refractivity contribution in [3.63, 3.8) is 0 Å². The predicted octanol–water partition coefficient (Wildman–Crippen LogP) is 1.39. The molecule has 0 aromatic heterocycles. The predicted molar refractivity (Wildman–Crippen MR) is 60.2 cm³/mol. The van der Waals surface area contributed by atoms with Gasteiger partial charge in [-0.25, -0.2) is 0 Å². The van der Waals surface area contributed by atoms with Crippen molar-refractivity contribution in [3.05, 3.63) is 0 Å². The second-order valence-electron chi connectivity index (χ2n) is 5.62. The van der Waals surface area contributed by atoms with Crippen molar-refractivity contribution in [3.8, 4) is 0 Å². The Morgan fingerprint density at radius 1 is 1.29 bits per heavy atom. The quantitative estimate of drug-likeness (QED) is 0.746. The molecule has 2 aliphatic heterocycles. The summed E-state index contributed by atoms with van der Waals surface area (Å²) in [5, 5.41) is 9.67. The van der Waals surface area contributed by atoms with Crippen molar-refractivity contribution < 1.29 is 24.1 Å². The molecule has 0 aromatic rings. The van der Waals surface area contributed by atoms with E-state index in [0.29, 0.717) is 13.0 Å². The summed E-state index contributed by atoms with van der Waals surface area (Å²) < 4.78 is 22.6.